The van der Waals surface area contributed by atoms with Crippen molar-refractivity contribution in [3.05, 3.63) is 12.3 Å². The summed E-state index contributed by atoms with van der Waals surface area (Å²) in [5.41, 5.74) is -0.742. The first-order chi connectivity index (χ1) is 6.12. The maximum atomic E-state index is 10.4. The smallest absolute Gasteiger partial charge is 0.307 e. The van der Waals surface area contributed by atoms with Gasteiger partial charge in [-0.25, -0.2) is 0 Å². The van der Waals surface area contributed by atoms with Gasteiger partial charge in [-0.1, -0.05) is 19.3 Å². The zero-order chi connectivity index (χ0) is 9.73. The molecule has 0 aromatic rings. The number of carbonyl (C=O) groups is 1. The van der Waals surface area contributed by atoms with Gasteiger partial charge in [-0.15, -0.1) is 0 Å². The van der Waals surface area contributed by atoms with Gasteiger partial charge in [0.15, 0.2) is 0 Å². The minimum atomic E-state index is -0.742. The highest BCUT2D eigenvalue weighted by molar-refractivity contribution is 5.66. The van der Waals surface area contributed by atoms with Gasteiger partial charge in [0.05, 0.1) is 11.9 Å². The lowest BCUT2D eigenvalue weighted by atomic mass is 9.85. The molecule has 0 bridgehead atoms. The summed E-state index contributed by atoms with van der Waals surface area (Å²) in [5, 5.41) is 9.91. The first kappa shape index (κ1) is 10.3. The van der Waals surface area contributed by atoms with E-state index >= 15 is 0 Å². The molecule has 0 aromatic carbocycles. The van der Waals surface area contributed by atoms with Crippen molar-refractivity contribution in [3.8, 4) is 0 Å². The predicted molar refractivity (Wildman–Crippen MR) is 48.9 cm³/mol. The van der Waals surface area contributed by atoms with Gasteiger partial charge in [0.2, 0.25) is 0 Å². The number of ether oxygens (including phenoxy) is 1. The van der Waals surface area contributed by atoms with Gasteiger partial charge in [0.1, 0.15) is 0 Å². The van der Waals surface area contributed by atoms with Crippen LogP contribution in [0.15, 0.2) is 12.3 Å². The third kappa shape index (κ3) is 3.59. The fraction of sp³-hybridized carbons (Fsp3) is 0.700. The SMILES string of the molecule is CC(=O)O/C=C/C1(O)CCCCC1. The Kier molecular flexibility index (Phi) is 3.48. The topological polar surface area (TPSA) is 46.5 Å². The fourth-order valence-electron chi connectivity index (χ4n) is 1.59. The number of hydrogen-bond acceptors (Lipinski definition) is 3. The molecule has 0 heterocycles. The second kappa shape index (κ2) is 4.42. The Bertz CT molecular complexity index is 202. The number of rotatable bonds is 2. The number of carbonyl (C=O) groups excluding carboxylic acids is 1. The quantitative estimate of drug-likeness (QED) is 0.525. The summed E-state index contributed by atoms with van der Waals surface area (Å²) in [6, 6.07) is 0. The van der Waals surface area contributed by atoms with E-state index in [1.807, 2.05) is 0 Å². The average molecular weight is 184 g/mol. The fourth-order valence-corrected chi connectivity index (χ4v) is 1.59. The molecule has 1 aliphatic carbocycles. The lowest BCUT2D eigenvalue weighted by molar-refractivity contribution is -0.135. The highest BCUT2D eigenvalue weighted by atomic mass is 16.5. The van der Waals surface area contributed by atoms with Crippen molar-refractivity contribution in [3.63, 3.8) is 0 Å². The van der Waals surface area contributed by atoms with Crippen LogP contribution < -0.4 is 0 Å². The normalized spacial score (nSPS) is 21.7. The number of esters is 1. The van der Waals surface area contributed by atoms with Crippen LogP contribution in [0, 0.1) is 0 Å². The standard InChI is InChI=1S/C10H16O3/c1-9(11)13-8-7-10(12)5-3-2-4-6-10/h7-8,12H,2-6H2,1H3/b8-7+. The second-order valence-electron chi connectivity index (χ2n) is 3.58. The predicted octanol–water partition coefficient (Wildman–Crippen LogP) is 1.76. The maximum absolute atomic E-state index is 10.4. The van der Waals surface area contributed by atoms with E-state index in [0.717, 1.165) is 25.7 Å². The number of aliphatic hydroxyl groups is 1. The van der Waals surface area contributed by atoms with Gasteiger partial charge >= 0.3 is 5.97 Å². The Morgan fingerprint density at radius 2 is 2.00 bits per heavy atom. The molecule has 13 heavy (non-hydrogen) atoms. The lowest BCUT2D eigenvalue weighted by Gasteiger charge is -2.28. The van der Waals surface area contributed by atoms with Crippen LogP contribution in [0.5, 0.6) is 0 Å². The van der Waals surface area contributed by atoms with Crippen LogP contribution in [0.3, 0.4) is 0 Å². The summed E-state index contributed by atoms with van der Waals surface area (Å²) in [6.45, 7) is 1.34. The molecular formula is C10H16O3. The first-order valence-corrected chi connectivity index (χ1v) is 4.70. The van der Waals surface area contributed by atoms with E-state index in [2.05, 4.69) is 4.74 Å². The van der Waals surface area contributed by atoms with E-state index < -0.39 is 5.60 Å². The molecule has 1 N–H and O–H groups in total. The summed E-state index contributed by atoms with van der Waals surface area (Å²) < 4.78 is 4.63. The highest BCUT2D eigenvalue weighted by Gasteiger charge is 2.25. The summed E-state index contributed by atoms with van der Waals surface area (Å²) in [7, 11) is 0. The Balaban J connectivity index is 2.40. The second-order valence-corrected chi connectivity index (χ2v) is 3.58. The van der Waals surface area contributed by atoms with Gasteiger partial charge in [0, 0.05) is 6.92 Å². The molecule has 0 atom stereocenters. The van der Waals surface area contributed by atoms with Crippen molar-refractivity contribution in [1.82, 2.24) is 0 Å². The molecule has 1 rings (SSSR count). The van der Waals surface area contributed by atoms with Crippen LogP contribution in [-0.2, 0) is 9.53 Å². The Labute approximate surface area is 78.4 Å². The van der Waals surface area contributed by atoms with Gasteiger partial charge < -0.3 is 9.84 Å². The van der Waals surface area contributed by atoms with Crippen LogP contribution in [0.4, 0.5) is 0 Å². The zero-order valence-corrected chi connectivity index (χ0v) is 7.95. The van der Waals surface area contributed by atoms with Crippen LogP contribution in [0.1, 0.15) is 39.0 Å². The Morgan fingerprint density at radius 1 is 1.38 bits per heavy atom. The molecule has 1 fully saturated rings. The van der Waals surface area contributed by atoms with Gasteiger partial charge in [-0.2, -0.15) is 0 Å². The van der Waals surface area contributed by atoms with Crippen LogP contribution >= 0.6 is 0 Å². The molecule has 0 aromatic heterocycles. The summed E-state index contributed by atoms with van der Waals surface area (Å²) in [5.74, 6) is -0.351. The van der Waals surface area contributed by atoms with Gasteiger partial charge in [-0.05, 0) is 18.9 Å². The zero-order valence-electron chi connectivity index (χ0n) is 7.95. The molecule has 3 heteroatoms. The van der Waals surface area contributed by atoms with E-state index in [-0.39, 0.29) is 5.97 Å². The van der Waals surface area contributed by atoms with Crippen LogP contribution in [-0.4, -0.2) is 16.7 Å². The van der Waals surface area contributed by atoms with E-state index in [1.165, 1.54) is 19.6 Å². The summed E-state index contributed by atoms with van der Waals surface area (Å²) in [4.78, 5) is 10.4. The van der Waals surface area contributed by atoms with E-state index in [0.29, 0.717) is 0 Å². The van der Waals surface area contributed by atoms with Crippen LogP contribution in [0.2, 0.25) is 0 Å². The van der Waals surface area contributed by atoms with Crippen molar-refractivity contribution in [2.45, 2.75) is 44.6 Å². The average Bonchev–Trinajstić information content (AvgIpc) is 2.04. The minimum absolute atomic E-state index is 0.351. The largest absolute Gasteiger partial charge is 0.435 e. The molecule has 0 spiro atoms. The third-order valence-electron chi connectivity index (χ3n) is 2.33. The first-order valence-electron chi connectivity index (χ1n) is 4.70. The van der Waals surface area contributed by atoms with E-state index in [9.17, 15) is 9.90 Å². The van der Waals surface area contributed by atoms with E-state index in [1.54, 1.807) is 6.08 Å². The maximum Gasteiger partial charge on any atom is 0.307 e. The lowest BCUT2D eigenvalue weighted by Crippen LogP contribution is -2.28. The molecule has 3 nitrogen and oxygen atoms in total. The van der Waals surface area contributed by atoms with Crippen LogP contribution in [0.25, 0.3) is 0 Å². The van der Waals surface area contributed by atoms with Crippen molar-refractivity contribution < 1.29 is 14.6 Å². The summed E-state index contributed by atoms with van der Waals surface area (Å²) >= 11 is 0. The Hall–Kier alpha value is -0.830. The minimum Gasteiger partial charge on any atom is -0.435 e. The Morgan fingerprint density at radius 3 is 2.54 bits per heavy atom. The van der Waals surface area contributed by atoms with Gasteiger partial charge in [-0.3, -0.25) is 4.79 Å². The third-order valence-corrected chi connectivity index (χ3v) is 2.33. The molecule has 0 aliphatic heterocycles. The van der Waals surface area contributed by atoms with Crippen molar-refractivity contribution in [2.24, 2.45) is 0 Å². The molecule has 0 unspecified atom stereocenters. The monoisotopic (exact) mass is 184 g/mol. The summed E-state index contributed by atoms with van der Waals surface area (Å²) in [6.07, 6.45) is 7.70. The molecule has 0 radical (unpaired) electrons. The number of hydrogen-bond donors (Lipinski definition) is 1. The van der Waals surface area contributed by atoms with E-state index in [4.69, 9.17) is 0 Å². The van der Waals surface area contributed by atoms with Crippen molar-refractivity contribution >= 4 is 5.97 Å². The molecule has 1 aliphatic rings. The highest BCUT2D eigenvalue weighted by Crippen LogP contribution is 2.28. The molecule has 1 saturated carbocycles. The van der Waals surface area contributed by atoms with Gasteiger partial charge in [0.25, 0.3) is 0 Å². The molecular weight excluding hydrogens is 168 g/mol. The van der Waals surface area contributed by atoms with Crippen molar-refractivity contribution in [1.29, 1.82) is 0 Å². The molecule has 0 amide bonds. The van der Waals surface area contributed by atoms with Crippen molar-refractivity contribution in [2.75, 3.05) is 0 Å². The molecule has 74 valence electrons. The molecule has 0 saturated heterocycles.